The van der Waals surface area contributed by atoms with Gasteiger partial charge in [0.15, 0.2) is 0 Å². The van der Waals surface area contributed by atoms with Gasteiger partial charge in [0.1, 0.15) is 0 Å². The van der Waals surface area contributed by atoms with E-state index in [9.17, 15) is 4.79 Å². The highest BCUT2D eigenvalue weighted by Crippen LogP contribution is 2.18. The lowest BCUT2D eigenvalue weighted by atomic mass is 10.0. The van der Waals surface area contributed by atoms with Crippen LogP contribution in [0.25, 0.3) is 0 Å². The molecule has 1 aliphatic rings. The van der Waals surface area contributed by atoms with Crippen molar-refractivity contribution in [1.29, 1.82) is 0 Å². The molecule has 0 bridgehead atoms. The first-order valence-electron chi connectivity index (χ1n) is 6.80. The molecule has 1 aromatic carbocycles. The van der Waals surface area contributed by atoms with Crippen LogP contribution in [-0.2, 0) is 6.54 Å². The molecular weight excluding hydrogens is 260 g/mol. The lowest BCUT2D eigenvalue weighted by Crippen LogP contribution is -2.45. The lowest BCUT2D eigenvalue weighted by Gasteiger charge is -2.34. The number of halogens is 1. The number of urea groups is 1. The summed E-state index contributed by atoms with van der Waals surface area (Å²) in [6, 6.07) is 7.78. The first-order valence-corrected chi connectivity index (χ1v) is 7.18. The number of likely N-dealkylation sites (tertiary alicyclic amines) is 1. The van der Waals surface area contributed by atoms with E-state index in [0.29, 0.717) is 17.5 Å². The predicted octanol–water partition coefficient (Wildman–Crippen LogP) is 3.62. The Morgan fingerprint density at radius 3 is 3.00 bits per heavy atom. The minimum Gasteiger partial charge on any atom is -0.324 e. The summed E-state index contributed by atoms with van der Waals surface area (Å²) in [4.78, 5) is 16.1. The van der Waals surface area contributed by atoms with Crippen molar-refractivity contribution in [3.05, 3.63) is 34.9 Å². The van der Waals surface area contributed by atoms with Gasteiger partial charge in [-0.15, -0.1) is 0 Å². The second kappa shape index (κ2) is 6.29. The maximum Gasteiger partial charge on any atom is 0.320 e. The van der Waals surface area contributed by atoms with Gasteiger partial charge in [0, 0.05) is 31.7 Å². The van der Waals surface area contributed by atoms with Crippen molar-refractivity contribution in [1.82, 2.24) is 9.80 Å². The monoisotopic (exact) mass is 280 g/mol. The minimum atomic E-state index is 0.117. The standard InChI is InChI=1S/C15H21ClN2O/c1-12-5-4-8-18(10-12)15(19)17(2)11-13-6-3-7-14(16)9-13/h3,6-7,9,12H,4-5,8,10-11H2,1-2H3. The minimum absolute atomic E-state index is 0.117. The Bertz CT molecular complexity index is 450. The second-order valence-corrected chi connectivity index (χ2v) is 5.90. The fraction of sp³-hybridized carbons (Fsp3) is 0.533. The van der Waals surface area contributed by atoms with Crippen molar-refractivity contribution in [3.8, 4) is 0 Å². The molecule has 1 atom stereocenters. The van der Waals surface area contributed by atoms with Crippen molar-refractivity contribution in [2.75, 3.05) is 20.1 Å². The van der Waals surface area contributed by atoms with E-state index in [1.165, 1.54) is 6.42 Å². The fourth-order valence-electron chi connectivity index (χ4n) is 2.58. The van der Waals surface area contributed by atoms with Gasteiger partial charge in [0.05, 0.1) is 0 Å². The molecule has 4 heteroatoms. The maximum absolute atomic E-state index is 12.4. The van der Waals surface area contributed by atoms with Crippen LogP contribution in [0.15, 0.2) is 24.3 Å². The molecule has 0 spiro atoms. The molecule has 0 radical (unpaired) electrons. The number of nitrogens with zero attached hydrogens (tertiary/aromatic N) is 2. The smallest absolute Gasteiger partial charge is 0.320 e. The molecule has 0 aliphatic carbocycles. The Labute approximate surface area is 120 Å². The van der Waals surface area contributed by atoms with Crippen LogP contribution in [0.3, 0.4) is 0 Å². The van der Waals surface area contributed by atoms with Crippen LogP contribution in [0.1, 0.15) is 25.3 Å². The molecule has 1 heterocycles. The summed E-state index contributed by atoms with van der Waals surface area (Å²) in [6.45, 7) is 4.56. The molecule has 1 fully saturated rings. The summed E-state index contributed by atoms with van der Waals surface area (Å²) in [5.41, 5.74) is 1.06. The first kappa shape index (κ1) is 14.2. The number of hydrogen-bond donors (Lipinski definition) is 0. The van der Waals surface area contributed by atoms with E-state index in [4.69, 9.17) is 11.6 Å². The van der Waals surface area contributed by atoms with E-state index in [1.807, 2.05) is 36.2 Å². The van der Waals surface area contributed by atoms with E-state index >= 15 is 0 Å². The number of hydrogen-bond acceptors (Lipinski definition) is 1. The van der Waals surface area contributed by atoms with Crippen molar-refractivity contribution < 1.29 is 4.79 Å². The van der Waals surface area contributed by atoms with Crippen LogP contribution in [0.5, 0.6) is 0 Å². The number of benzene rings is 1. The third-order valence-electron chi connectivity index (χ3n) is 3.56. The van der Waals surface area contributed by atoms with Crippen LogP contribution in [0.2, 0.25) is 5.02 Å². The van der Waals surface area contributed by atoms with Crippen molar-refractivity contribution in [2.24, 2.45) is 5.92 Å². The maximum atomic E-state index is 12.4. The molecule has 2 amide bonds. The average molecular weight is 281 g/mol. The van der Waals surface area contributed by atoms with Crippen molar-refractivity contribution in [2.45, 2.75) is 26.3 Å². The average Bonchev–Trinajstić information content (AvgIpc) is 2.38. The Kier molecular flexibility index (Phi) is 4.70. The van der Waals surface area contributed by atoms with E-state index in [-0.39, 0.29) is 6.03 Å². The molecule has 3 nitrogen and oxygen atoms in total. The summed E-state index contributed by atoms with van der Waals surface area (Å²) in [5, 5.41) is 0.713. The van der Waals surface area contributed by atoms with Crippen LogP contribution in [0, 0.1) is 5.92 Å². The molecule has 0 aromatic heterocycles. The highest BCUT2D eigenvalue weighted by molar-refractivity contribution is 6.30. The summed E-state index contributed by atoms with van der Waals surface area (Å²) in [6.07, 6.45) is 2.33. The van der Waals surface area contributed by atoms with Gasteiger partial charge in [0.25, 0.3) is 0 Å². The van der Waals surface area contributed by atoms with Crippen LogP contribution >= 0.6 is 11.6 Å². The van der Waals surface area contributed by atoms with Crippen molar-refractivity contribution in [3.63, 3.8) is 0 Å². The number of amides is 2. The van der Waals surface area contributed by atoms with Gasteiger partial charge in [-0.25, -0.2) is 4.79 Å². The Balaban J connectivity index is 1.95. The molecule has 1 saturated heterocycles. The van der Waals surface area contributed by atoms with E-state index < -0.39 is 0 Å². The van der Waals surface area contributed by atoms with Gasteiger partial charge in [-0.3, -0.25) is 0 Å². The highest BCUT2D eigenvalue weighted by atomic mass is 35.5. The zero-order valence-corrected chi connectivity index (χ0v) is 12.4. The number of rotatable bonds is 2. The third-order valence-corrected chi connectivity index (χ3v) is 3.80. The Hall–Kier alpha value is -1.22. The molecule has 0 N–H and O–H groups in total. The second-order valence-electron chi connectivity index (χ2n) is 5.46. The van der Waals surface area contributed by atoms with Gasteiger partial charge < -0.3 is 9.80 Å². The lowest BCUT2D eigenvalue weighted by molar-refractivity contribution is 0.137. The largest absolute Gasteiger partial charge is 0.324 e. The summed E-state index contributed by atoms with van der Waals surface area (Å²) >= 11 is 5.96. The number of carbonyl (C=O) groups is 1. The Morgan fingerprint density at radius 1 is 1.53 bits per heavy atom. The predicted molar refractivity (Wildman–Crippen MR) is 78.3 cm³/mol. The molecule has 0 saturated carbocycles. The van der Waals surface area contributed by atoms with Gasteiger partial charge in [-0.2, -0.15) is 0 Å². The van der Waals surface area contributed by atoms with Gasteiger partial charge in [0.2, 0.25) is 0 Å². The summed E-state index contributed by atoms with van der Waals surface area (Å²) < 4.78 is 0. The number of piperidine rings is 1. The van der Waals surface area contributed by atoms with Gasteiger partial charge in [-0.05, 0) is 36.5 Å². The molecule has 1 aromatic rings. The van der Waals surface area contributed by atoms with Crippen molar-refractivity contribution >= 4 is 17.6 Å². The summed E-state index contributed by atoms with van der Waals surface area (Å²) in [5.74, 6) is 0.609. The van der Waals surface area contributed by atoms with E-state index in [2.05, 4.69) is 6.92 Å². The van der Waals surface area contributed by atoms with Crippen LogP contribution in [0.4, 0.5) is 4.79 Å². The molecule has 1 unspecified atom stereocenters. The van der Waals surface area contributed by atoms with E-state index in [0.717, 1.165) is 25.1 Å². The number of carbonyl (C=O) groups excluding carboxylic acids is 1. The molecule has 2 rings (SSSR count). The fourth-order valence-corrected chi connectivity index (χ4v) is 2.79. The zero-order valence-electron chi connectivity index (χ0n) is 11.6. The quantitative estimate of drug-likeness (QED) is 0.812. The highest BCUT2D eigenvalue weighted by Gasteiger charge is 2.23. The SMILES string of the molecule is CC1CCCN(C(=O)N(C)Cc2cccc(Cl)c2)C1. The molecule has 104 valence electrons. The summed E-state index contributed by atoms with van der Waals surface area (Å²) in [7, 11) is 1.85. The van der Waals surface area contributed by atoms with Gasteiger partial charge in [-0.1, -0.05) is 30.7 Å². The van der Waals surface area contributed by atoms with Gasteiger partial charge >= 0.3 is 6.03 Å². The topological polar surface area (TPSA) is 23.6 Å². The first-order chi connectivity index (χ1) is 9.06. The molecular formula is C15H21ClN2O. The van der Waals surface area contributed by atoms with Crippen LogP contribution < -0.4 is 0 Å². The molecule has 19 heavy (non-hydrogen) atoms. The van der Waals surface area contributed by atoms with Crippen LogP contribution in [-0.4, -0.2) is 36.0 Å². The Morgan fingerprint density at radius 2 is 2.32 bits per heavy atom. The zero-order chi connectivity index (χ0) is 13.8. The van der Waals surface area contributed by atoms with E-state index in [1.54, 1.807) is 4.90 Å². The third kappa shape index (κ3) is 3.87. The normalized spacial score (nSPS) is 19.3. The molecule has 1 aliphatic heterocycles.